The van der Waals surface area contributed by atoms with Crippen LogP contribution < -0.4 is 15.1 Å². The molecule has 2 aromatic carbocycles. The lowest BCUT2D eigenvalue weighted by molar-refractivity contribution is 0.0658. The minimum atomic E-state index is -0.214. The minimum absolute atomic E-state index is 0.00124. The molecule has 7 nitrogen and oxygen atoms in total. The summed E-state index contributed by atoms with van der Waals surface area (Å²) in [5.41, 5.74) is 3.07. The maximum absolute atomic E-state index is 13.0. The smallest absolute Gasteiger partial charge is 0.322 e. The molecule has 1 aliphatic carbocycles. The second-order valence-electron chi connectivity index (χ2n) is 10.2. The summed E-state index contributed by atoms with van der Waals surface area (Å²) in [5, 5.41) is 3.32. The van der Waals surface area contributed by atoms with Crippen molar-refractivity contribution < 1.29 is 4.79 Å². The van der Waals surface area contributed by atoms with Crippen molar-refractivity contribution in [2.75, 3.05) is 37.5 Å². The highest BCUT2D eigenvalue weighted by molar-refractivity contribution is 5.95. The highest BCUT2D eigenvalue weighted by atomic mass is 16.2. The Balaban J connectivity index is 1.27. The van der Waals surface area contributed by atoms with Crippen molar-refractivity contribution in [3.63, 3.8) is 0 Å². The Morgan fingerprint density at radius 2 is 1.49 bits per heavy atom. The fourth-order valence-corrected chi connectivity index (χ4v) is 5.66. The first kappa shape index (κ1) is 23.3. The van der Waals surface area contributed by atoms with E-state index in [1.54, 1.807) is 17.3 Å². The quantitative estimate of drug-likeness (QED) is 0.578. The van der Waals surface area contributed by atoms with Gasteiger partial charge in [0, 0.05) is 19.1 Å². The Hall–Kier alpha value is -3.45. The van der Waals surface area contributed by atoms with E-state index in [9.17, 15) is 4.79 Å². The molecule has 182 valence electrons. The van der Waals surface area contributed by atoms with Gasteiger partial charge in [-0.05, 0) is 50.9 Å². The van der Waals surface area contributed by atoms with Crippen LogP contribution in [0.2, 0.25) is 0 Å². The van der Waals surface area contributed by atoms with Gasteiger partial charge in [0.05, 0.1) is 30.2 Å². The van der Waals surface area contributed by atoms with Gasteiger partial charge in [0.15, 0.2) is 0 Å². The van der Waals surface area contributed by atoms with Crippen LogP contribution in [0.1, 0.15) is 36.8 Å². The highest BCUT2D eigenvalue weighted by Crippen LogP contribution is 2.46. The standard InChI is InChI=1S/C28H34N6O/c1-32(2)28(23-12-8-5-9-13-23)16-14-27(15-17-28)21-34(26(35)31-27)24-18-29-25(30-19-24)33(3)20-22-10-6-4-7-11-22/h4-13,18-19H,14-17,20-21H2,1-3H3,(H,31,35). The van der Waals surface area contributed by atoms with Crippen LogP contribution in [0, 0.1) is 0 Å². The molecule has 1 spiro atoms. The third-order valence-corrected chi connectivity index (χ3v) is 7.82. The Bertz CT molecular complexity index is 1140. The molecule has 0 unspecified atom stereocenters. The molecule has 3 aromatic rings. The van der Waals surface area contributed by atoms with Crippen LogP contribution in [0.3, 0.4) is 0 Å². The van der Waals surface area contributed by atoms with Crippen LogP contribution in [0.4, 0.5) is 16.4 Å². The number of anilines is 2. The van der Waals surface area contributed by atoms with Gasteiger partial charge in [-0.15, -0.1) is 0 Å². The largest absolute Gasteiger partial charge is 0.340 e. The second kappa shape index (κ2) is 9.30. The molecule has 35 heavy (non-hydrogen) atoms. The van der Waals surface area contributed by atoms with Crippen LogP contribution in [0.25, 0.3) is 0 Å². The lowest BCUT2D eigenvalue weighted by Gasteiger charge is -2.48. The second-order valence-corrected chi connectivity index (χ2v) is 10.2. The summed E-state index contributed by atoms with van der Waals surface area (Å²) in [6.07, 6.45) is 7.39. The van der Waals surface area contributed by atoms with E-state index in [2.05, 4.69) is 76.7 Å². The molecule has 1 saturated carbocycles. The van der Waals surface area contributed by atoms with E-state index in [-0.39, 0.29) is 17.1 Å². The molecule has 1 aromatic heterocycles. The number of carbonyl (C=O) groups is 1. The van der Waals surface area contributed by atoms with E-state index < -0.39 is 0 Å². The molecule has 2 fully saturated rings. The number of nitrogens with zero attached hydrogens (tertiary/aromatic N) is 5. The van der Waals surface area contributed by atoms with Crippen molar-refractivity contribution in [3.8, 4) is 0 Å². The number of carbonyl (C=O) groups excluding carboxylic acids is 1. The van der Waals surface area contributed by atoms with E-state index in [0.717, 1.165) is 37.9 Å². The van der Waals surface area contributed by atoms with Gasteiger partial charge in [0.1, 0.15) is 0 Å². The van der Waals surface area contributed by atoms with Gasteiger partial charge in [0.25, 0.3) is 0 Å². The molecule has 2 amide bonds. The third kappa shape index (κ3) is 4.48. The van der Waals surface area contributed by atoms with Gasteiger partial charge < -0.3 is 10.2 Å². The molecule has 1 N–H and O–H groups in total. The van der Waals surface area contributed by atoms with E-state index in [1.807, 2.05) is 30.1 Å². The van der Waals surface area contributed by atoms with Crippen LogP contribution >= 0.6 is 0 Å². The monoisotopic (exact) mass is 470 g/mol. The summed E-state index contributed by atoms with van der Waals surface area (Å²) in [4.78, 5) is 28.3. The van der Waals surface area contributed by atoms with Gasteiger partial charge in [0.2, 0.25) is 5.95 Å². The summed E-state index contributed by atoms with van der Waals surface area (Å²) < 4.78 is 0. The first-order valence-corrected chi connectivity index (χ1v) is 12.3. The van der Waals surface area contributed by atoms with Gasteiger partial charge >= 0.3 is 6.03 Å². The number of hydrogen-bond acceptors (Lipinski definition) is 5. The minimum Gasteiger partial charge on any atom is -0.340 e. The molecule has 0 radical (unpaired) electrons. The summed E-state index contributed by atoms with van der Waals surface area (Å²) in [6, 6.07) is 20.9. The number of urea groups is 1. The summed E-state index contributed by atoms with van der Waals surface area (Å²) in [7, 11) is 6.31. The first-order valence-electron chi connectivity index (χ1n) is 12.3. The molecule has 0 bridgehead atoms. The molecule has 7 heteroatoms. The van der Waals surface area contributed by atoms with Gasteiger partial charge in [-0.3, -0.25) is 9.80 Å². The molecule has 1 aliphatic heterocycles. The predicted octanol–water partition coefficient (Wildman–Crippen LogP) is 4.41. The zero-order chi connectivity index (χ0) is 24.5. The zero-order valence-corrected chi connectivity index (χ0v) is 20.8. The number of amides is 2. The highest BCUT2D eigenvalue weighted by Gasteiger charge is 2.50. The van der Waals surface area contributed by atoms with Crippen molar-refractivity contribution in [2.45, 2.75) is 43.3 Å². The first-order chi connectivity index (χ1) is 16.9. The summed E-state index contributed by atoms with van der Waals surface area (Å²) in [6.45, 7) is 1.37. The number of aromatic nitrogens is 2. The molecule has 2 heterocycles. The number of nitrogens with one attached hydrogen (secondary N) is 1. The van der Waals surface area contributed by atoms with Crippen molar-refractivity contribution in [1.82, 2.24) is 20.2 Å². The molecular weight excluding hydrogens is 436 g/mol. The summed E-state index contributed by atoms with van der Waals surface area (Å²) in [5.74, 6) is 0.642. The topological polar surface area (TPSA) is 64.6 Å². The van der Waals surface area contributed by atoms with Gasteiger partial charge in [-0.25, -0.2) is 14.8 Å². The van der Waals surface area contributed by atoms with Gasteiger partial charge in [-0.2, -0.15) is 0 Å². The average Bonchev–Trinajstić information content (AvgIpc) is 3.21. The fourth-order valence-electron chi connectivity index (χ4n) is 5.66. The molecule has 2 aliphatic rings. The predicted molar refractivity (Wildman–Crippen MR) is 139 cm³/mol. The average molecular weight is 471 g/mol. The Morgan fingerprint density at radius 1 is 0.886 bits per heavy atom. The Kier molecular flexibility index (Phi) is 6.19. The molecular formula is C28H34N6O. The summed E-state index contributed by atoms with van der Waals surface area (Å²) >= 11 is 0. The van der Waals surface area contributed by atoms with Crippen LogP contribution in [0.15, 0.2) is 73.1 Å². The van der Waals surface area contributed by atoms with E-state index in [1.165, 1.54) is 11.1 Å². The van der Waals surface area contributed by atoms with Crippen molar-refractivity contribution in [3.05, 3.63) is 84.2 Å². The van der Waals surface area contributed by atoms with Crippen LogP contribution in [-0.4, -0.2) is 54.1 Å². The third-order valence-electron chi connectivity index (χ3n) is 7.82. The molecule has 0 atom stereocenters. The van der Waals surface area contributed by atoms with E-state index in [4.69, 9.17) is 0 Å². The van der Waals surface area contributed by atoms with Crippen molar-refractivity contribution >= 4 is 17.7 Å². The van der Waals surface area contributed by atoms with Crippen LogP contribution in [0.5, 0.6) is 0 Å². The normalized spacial score (nSPS) is 24.1. The van der Waals surface area contributed by atoms with Crippen molar-refractivity contribution in [2.24, 2.45) is 0 Å². The van der Waals surface area contributed by atoms with E-state index in [0.29, 0.717) is 12.5 Å². The van der Waals surface area contributed by atoms with Crippen molar-refractivity contribution in [1.29, 1.82) is 0 Å². The van der Waals surface area contributed by atoms with Crippen LogP contribution in [-0.2, 0) is 12.1 Å². The zero-order valence-electron chi connectivity index (χ0n) is 20.8. The lowest BCUT2D eigenvalue weighted by Crippen LogP contribution is -2.54. The maximum Gasteiger partial charge on any atom is 0.322 e. The molecule has 5 rings (SSSR count). The number of benzene rings is 2. The SMILES string of the molecule is CN(Cc1ccccc1)c1ncc(N2CC3(CCC(c4ccccc4)(N(C)C)CC3)NC2=O)cn1. The Morgan fingerprint density at radius 3 is 2.09 bits per heavy atom. The number of hydrogen-bond donors (Lipinski definition) is 1. The molecule has 1 saturated heterocycles. The fraction of sp³-hybridized carbons (Fsp3) is 0.393. The maximum atomic E-state index is 13.0. The van der Waals surface area contributed by atoms with Gasteiger partial charge in [-0.1, -0.05) is 60.7 Å². The number of rotatable bonds is 6. The van der Waals surface area contributed by atoms with E-state index >= 15 is 0 Å². The lowest BCUT2D eigenvalue weighted by atomic mass is 9.69. The Labute approximate surface area is 207 Å².